The van der Waals surface area contributed by atoms with Crippen LogP contribution in [-0.2, 0) is 29.7 Å². The Kier molecular flexibility index (Phi) is 5.21. The highest BCUT2D eigenvalue weighted by atomic mass is 32.2. The zero-order valence-electron chi connectivity index (χ0n) is 16.3. The highest BCUT2D eigenvalue weighted by molar-refractivity contribution is 7.89. The predicted octanol–water partition coefficient (Wildman–Crippen LogP) is 1.15. The highest BCUT2D eigenvalue weighted by Gasteiger charge is 2.28. The van der Waals surface area contributed by atoms with Crippen LogP contribution in [0.15, 0.2) is 35.4 Å². The van der Waals surface area contributed by atoms with Crippen molar-refractivity contribution in [2.75, 3.05) is 12.0 Å². The van der Waals surface area contributed by atoms with Crippen molar-refractivity contribution in [1.29, 1.82) is 0 Å². The zero-order valence-corrected chi connectivity index (χ0v) is 17.1. The molecule has 3 aromatic rings. The van der Waals surface area contributed by atoms with E-state index >= 15 is 0 Å². The number of nitrogens with zero attached hydrogens (tertiary/aromatic N) is 3. The largest absolute Gasteiger partial charge is 0.479 e. The molecule has 0 saturated carbocycles. The van der Waals surface area contributed by atoms with Crippen LogP contribution in [0, 0.1) is 5.82 Å². The fourth-order valence-corrected chi connectivity index (χ4v) is 4.28. The van der Waals surface area contributed by atoms with Crippen LogP contribution >= 0.6 is 0 Å². The second-order valence-corrected chi connectivity index (χ2v) is 8.40. The summed E-state index contributed by atoms with van der Waals surface area (Å²) in [5.41, 5.74) is 1.93. The lowest BCUT2D eigenvalue weighted by molar-refractivity contribution is 0.244. The van der Waals surface area contributed by atoms with Crippen LogP contribution in [0.5, 0.6) is 5.88 Å². The molecular weight excluding hydrogens is 429 g/mol. The van der Waals surface area contributed by atoms with Gasteiger partial charge in [0.15, 0.2) is 11.5 Å². The maximum atomic E-state index is 14.4. The van der Waals surface area contributed by atoms with Gasteiger partial charge >= 0.3 is 6.03 Å². The van der Waals surface area contributed by atoms with Crippen LogP contribution in [-0.4, -0.2) is 36.6 Å². The van der Waals surface area contributed by atoms with E-state index in [2.05, 4.69) is 15.3 Å². The van der Waals surface area contributed by atoms with E-state index < -0.39 is 28.5 Å². The number of nitrogens with two attached hydrogens (primary N) is 1. The van der Waals surface area contributed by atoms with Gasteiger partial charge in [0, 0.05) is 23.7 Å². The Bertz CT molecular complexity index is 1310. The molecule has 0 fully saturated rings. The van der Waals surface area contributed by atoms with Crippen molar-refractivity contribution in [3.8, 4) is 5.88 Å². The Balaban J connectivity index is 1.82. The topological polar surface area (TPSA) is 148 Å². The number of anilines is 1. The molecule has 10 nitrogen and oxygen atoms in total. The van der Waals surface area contributed by atoms with Crippen LogP contribution in [0.2, 0.25) is 0 Å². The summed E-state index contributed by atoms with van der Waals surface area (Å²) in [4.78, 5) is 22.1. The molecule has 0 aliphatic carbocycles. The van der Waals surface area contributed by atoms with E-state index in [0.29, 0.717) is 22.2 Å². The van der Waals surface area contributed by atoms with E-state index in [1.165, 1.54) is 42.5 Å². The number of amides is 2. The number of nitrogens with one attached hydrogen (secondary N) is 1. The first-order valence-corrected chi connectivity index (χ1v) is 10.6. The number of carbonyl (C=O) groups is 1. The van der Waals surface area contributed by atoms with Gasteiger partial charge in [-0.2, -0.15) is 4.98 Å². The van der Waals surface area contributed by atoms with E-state index in [-0.39, 0.29) is 35.1 Å². The van der Waals surface area contributed by atoms with Gasteiger partial charge in [-0.15, -0.1) is 0 Å². The molecule has 0 radical (unpaired) electrons. The van der Waals surface area contributed by atoms with Gasteiger partial charge in [0.1, 0.15) is 0 Å². The number of ether oxygens (including phenoxy) is 1. The molecule has 162 valence electrons. The summed E-state index contributed by atoms with van der Waals surface area (Å²) >= 11 is 0. The molecule has 0 unspecified atom stereocenters. The first-order chi connectivity index (χ1) is 14.7. The van der Waals surface area contributed by atoms with Gasteiger partial charge in [0.25, 0.3) is 5.88 Å². The number of benzene rings is 1. The number of rotatable bonds is 5. The first kappa shape index (κ1) is 20.9. The van der Waals surface area contributed by atoms with Gasteiger partial charge in [-0.3, -0.25) is 4.90 Å². The summed E-state index contributed by atoms with van der Waals surface area (Å²) in [6.07, 6.45) is 1.54. The van der Waals surface area contributed by atoms with Gasteiger partial charge in [0.05, 0.1) is 30.8 Å². The number of methoxy groups -OCH3 is 1. The van der Waals surface area contributed by atoms with Gasteiger partial charge in [-0.1, -0.05) is 12.1 Å². The van der Waals surface area contributed by atoms with Crippen LogP contribution in [0.1, 0.15) is 16.7 Å². The van der Waals surface area contributed by atoms with Crippen molar-refractivity contribution in [1.82, 2.24) is 15.3 Å². The van der Waals surface area contributed by atoms with E-state index in [1.54, 1.807) is 0 Å². The zero-order chi connectivity index (χ0) is 22.3. The predicted molar refractivity (Wildman–Crippen MR) is 108 cm³/mol. The third kappa shape index (κ3) is 3.76. The minimum atomic E-state index is -4.02. The Labute approximate surface area is 176 Å². The molecule has 0 spiro atoms. The van der Waals surface area contributed by atoms with Crippen LogP contribution in [0.25, 0.3) is 11.0 Å². The van der Waals surface area contributed by atoms with Crippen LogP contribution in [0.3, 0.4) is 0 Å². The normalized spacial score (nSPS) is 13.8. The third-order valence-electron chi connectivity index (χ3n) is 4.91. The molecular formula is C19H18FN5O5S. The number of hydrogen-bond acceptors (Lipinski definition) is 7. The fourth-order valence-electron chi connectivity index (χ4n) is 3.53. The smallest absolute Gasteiger partial charge is 0.322 e. The van der Waals surface area contributed by atoms with Crippen molar-refractivity contribution >= 4 is 32.8 Å². The van der Waals surface area contributed by atoms with E-state index in [4.69, 9.17) is 9.88 Å². The number of fused-ring (bicyclic) bond motifs is 3. The van der Waals surface area contributed by atoms with E-state index in [0.717, 1.165) is 0 Å². The SMILES string of the molecule is COc1nc2ncc3c(c2cc1F)N(Cc1ccc(S(N)(=O)=O)c(CO)c1)C(=O)NC3. The number of urea groups is 1. The molecule has 31 heavy (non-hydrogen) atoms. The molecule has 2 aromatic heterocycles. The number of aliphatic hydroxyl groups is 1. The number of primary sulfonamides is 1. The number of aromatic nitrogens is 2. The molecule has 0 bridgehead atoms. The summed E-state index contributed by atoms with van der Waals surface area (Å²) in [7, 11) is -2.73. The Morgan fingerprint density at radius 2 is 2.13 bits per heavy atom. The van der Waals surface area contributed by atoms with Crippen molar-refractivity contribution in [3.63, 3.8) is 0 Å². The summed E-state index contributed by atoms with van der Waals surface area (Å²) < 4.78 is 42.7. The molecule has 3 heterocycles. The second-order valence-electron chi connectivity index (χ2n) is 6.87. The monoisotopic (exact) mass is 447 g/mol. The van der Waals surface area contributed by atoms with Gasteiger partial charge in [0.2, 0.25) is 10.0 Å². The number of hydrogen-bond donors (Lipinski definition) is 3. The second kappa shape index (κ2) is 7.72. The molecule has 0 saturated heterocycles. The quantitative estimate of drug-likeness (QED) is 0.531. The average molecular weight is 447 g/mol. The highest BCUT2D eigenvalue weighted by Crippen LogP contribution is 2.34. The average Bonchev–Trinajstić information content (AvgIpc) is 2.74. The number of aliphatic hydroxyl groups excluding tert-OH is 1. The fraction of sp³-hybridized carbons (Fsp3) is 0.211. The Morgan fingerprint density at radius 1 is 1.35 bits per heavy atom. The molecule has 1 aromatic carbocycles. The van der Waals surface area contributed by atoms with Gasteiger partial charge in [-0.05, 0) is 23.3 Å². The lowest BCUT2D eigenvalue weighted by Crippen LogP contribution is -2.44. The molecule has 4 rings (SSSR count). The number of halogens is 1. The van der Waals surface area contributed by atoms with E-state index in [9.17, 15) is 22.7 Å². The van der Waals surface area contributed by atoms with Crippen LogP contribution in [0.4, 0.5) is 14.9 Å². The van der Waals surface area contributed by atoms with Gasteiger partial charge < -0.3 is 15.2 Å². The summed E-state index contributed by atoms with van der Waals surface area (Å²) in [6, 6.07) is 4.99. The number of carbonyl (C=O) groups excluding carboxylic acids is 1. The lowest BCUT2D eigenvalue weighted by atomic mass is 10.1. The third-order valence-corrected chi connectivity index (χ3v) is 5.92. The van der Waals surface area contributed by atoms with Crippen molar-refractivity contribution in [3.05, 3.63) is 53.0 Å². The summed E-state index contributed by atoms with van der Waals surface area (Å²) in [5, 5.41) is 17.8. The Morgan fingerprint density at radius 3 is 2.81 bits per heavy atom. The molecule has 0 atom stereocenters. The number of sulfonamides is 1. The first-order valence-electron chi connectivity index (χ1n) is 9.06. The van der Waals surface area contributed by atoms with Crippen molar-refractivity contribution < 1.29 is 27.4 Å². The minimum absolute atomic E-state index is 0.0174. The van der Waals surface area contributed by atoms with Gasteiger partial charge in [-0.25, -0.2) is 27.7 Å². The minimum Gasteiger partial charge on any atom is -0.479 e. The molecule has 2 amide bonds. The van der Waals surface area contributed by atoms with Crippen molar-refractivity contribution in [2.45, 2.75) is 24.6 Å². The van der Waals surface area contributed by atoms with Crippen LogP contribution < -0.4 is 20.1 Å². The molecule has 4 N–H and O–H groups in total. The summed E-state index contributed by atoms with van der Waals surface area (Å²) in [5.74, 6) is -0.908. The van der Waals surface area contributed by atoms with E-state index in [1.807, 2.05) is 0 Å². The maximum absolute atomic E-state index is 14.4. The molecule has 1 aliphatic rings. The lowest BCUT2D eigenvalue weighted by Gasteiger charge is -2.31. The number of pyridine rings is 2. The molecule has 12 heteroatoms. The summed E-state index contributed by atoms with van der Waals surface area (Å²) in [6.45, 7) is -0.332. The Hall–Kier alpha value is -3.35. The van der Waals surface area contributed by atoms with Crippen molar-refractivity contribution in [2.24, 2.45) is 5.14 Å². The standard InChI is InChI=1S/C19H18FN5O5S/c1-30-18-14(20)5-13-16-12(6-22-17(13)24-18)7-23-19(27)25(16)8-10-2-3-15(31(21,28)29)11(4-10)9-26/h2-6,26H,7-9H2,1H3,(H,23,27)(H2,21,28,29). The maximum Gasteiger partial charge on any atom is 0.322 e. The molecule has 1 aliphatic heterocycles.